The van der Waals surface area contributed by atoms with E-state index in [1.54, 1.807) is 0 Å². The third-order valence-electron chi connectivity index (χ3n) is 4.05. The van der Waals surface area contributed by atoms with Crippen LogP contribution >= 0.6 is 11.3 Å². The number of carbonyl (C=O) groups is 1. The number of nitrogens with zero attached hydrogens (tertiary/aromatic N) is 1. The van der Waals surface area contributed by atoms with Crippen LogP contribution in [0.1, 0.15) is 64.6 Å². The average Bonchev–Trinajstić information content (AvgIpc) is 3.27. The molecule has 0 saturated heterocycles. The van der Waals surface area contributed by atoms with Crippen LogP contribution in [0.2, 0.25) is 0 Å². The summed E-state index contributed by atoms with van der Waals surface area (Å²) in [6.07, 6.45) is 2.39. The highest BCUT2D eigenvalue weighted by atomic mass is 32.1. The van der Waals surface area contributed by atoms with Crippen LogP contribution in [0.5, 0.6) is 0 Å². The van der Waals surface area contributed by atoms with Gasteiger partial charge >= 0.3 is 0 Å². The number of hydrogen-bond acceptors (Lipinski definition) is 3. The zero-order chi connectivity index (χ0) is 15.7. The second-order valence-corrected chi connectivity index (χ2v) is 7.35. The smallest absolute Gasteiger partial charge is 0.263 e. The number of nitrogens with one attached hydrogen (secondary N) is 1. The molecule has 0 radical (unpaired) electrons. The van der Waals surface area contributed by atoms with Gasteiger partial charge in [0.15, 0.2) is 0 Å². The Morgan fingerprint density at radius 3 is 2.50 bits per heavy atom. The van der Waals surface area contributed by atoms with Gasteiger partial charge in [-0.3, -0.25) is 4.79 Å². The third kappa shape index (κ3) is 3.22. The summed E-state index contributed by atoms with van der Waals surface area (Å²) >= 11 is 1.52. The first-order chi connectivity index (χ1) is 10.6. The van der Waals surface area contributed by atoms with Crippen LogP contribution < -0.4 is 5.32 Å². The van der Waals surface area contributed by atoms with Gasteiger partial charge < -0.3 is 5.32 Å². The molecule has 3 rings (SSSR count). The van der Waals surface area contributed by atoms with Crippen molar-refractivity contribution in [3.05, 3.63) is 51.5 Å². The van der Waals surface area contributed by atoms with Gasteiger partial charge in [0.2, 0.25) is 0 Å². The first-order valence-corrected chi connectivity index (χ1v) is 8.71. The van der Waals surface area contributed by atoms with Crippen LogP contribution in [-0.4, -0.2) is 10.9 Å². The summed E-state index contributed by atoms with van der Waals surface area (Å²) < 4.78 is 0. The molecule has 2 aromatic rings. The lowest BCUT2D eigenvalue weighted by molar-refractivity contribution is 0.0935. The number of aromatic nitrogens is 1. The van der Waals surface area contributed by atoms with Crippen molar-refractivity contribution in [3.8, 4) is 0 Å². The molecule has 1 N–H and O–H groups in total. The highest BCUT2D eigenvalue weighted by Gasteiger charge is 2.34. The van der Waals surface area contributed by atoms with Crippen molar-refractivity contribution < 1.29 is 4.79 Å². The third-order valence-corrected chi connectivity index (χ3v) is 5.51. The predicted octanol–water partition coefficient (Wildman–Crippen LogP) is 4.46. The lowest BCUT2D eigenvalue weighted by Crippen LogP contribution is -2.29. The number of hydrogen-bond donors (Lipinski definition) is 1. The molecule has 1 heterocycles. The van der Waals surface area contributed by atoms with Gasteiger partial charge in [-0.05, 0) is 31.2 Å². The minimum Gasteiger partial charge on any atom is -0.344 e. The van der Waals surface area contributed by atoms with E-state index in [1.807, 2.05) is 25.1 Å². The molecule has 0 spiro atoms. The molecule has 1 aromatic heterocycles. The molecular weight excluding hydrogens is 292 g/mol. The van der Waals surface area contributed by atoms with Gasteiger partial charge in [0, 0.05) is 5.92 Å². The second kappa shape index (κ2) is 6.21. The summed E-state index contributed by atoms with van der Waals surface area (Å²) in [6, 6.07) is 10.4. The van der Waals surface area contributed by atoms with Crippen molar-refractivity contribution in [1.29, 1.82) is 0 Å². The molecule has 1 amide bonds. The second-order valence-electron chi connectivity index (χ2n) is 6.32. The maximum Gasteiger partial charge on any atom is 0.263 e. The first-order valence-electron chi connectivity index (χ1n) is 7.89. The van der Waals surface area contributed by atoms with Gasteiger partial charge in [-0.25, -0.2) is 4.98 Å². The maximum absolute atomic E-state index is 12.7. The van der Waals surface area contributed by atoms with Gasteiger partial charge in [-0.15, -0.1) is 11.3 Å². The molecule has 1 aliphatic rings. The fourth-order valence-corrected chi connectivity index (χ4v) is 3.62. The number of thiazole rings is 1. The Labute approximate surface area is 135 Å². The number of aryl methyl sites for hydroxylation is 1. The largest absolute Gasteiger partial charge is 0.344 e. The number of benzene rings is 1. The van der Waals surface area contributed by atoms with Crippen molar-refractivity contribution in [3.63, 3.8) is 0 Å². The van der Waals surface area contributed by atoms with Gasteiger partial charge in [0.1, 0.15) is 4.88 Å². The van der Waals surface area contributed by atoms with E-state index >= 15 is 0 Å². The zero-order valence-electron chi connectivity index (χ0n) is 13.3. The first kappa shape index (κ1) is 15.2. The van der Waals surface area contributed by atoms with E-state index in [-0.39, 0.29) is 11.9 Å². The highest BCUT2D eigenvalue weighted by molar-refractivity contribution is 7.13. The van der Waals surface area contributed by atoms with Crippen LogP contribution in [0.4, 0.5) is 0 Å². The number of rotatable bonds is 5. The van der Waals surface area contributed by atoms with E-state index in [4.69, 9.17) is 0 Å². The van der Waals surface area contributed by atoms with E-state index < -0.39 is 0 Å². The van der Waals surface area contributed by atoms with Crippen LogP contribution in [0.3, 0.4) is 0 Å². The predicted molar refractivity (Wildman–Crippen MR) is 90.3 cm³/mol. The fourth-order valence-electron chi connectivity index (χ4n) is 2.64. The molecule has 116 valence electrons. The van der Waals surface area contributed by atoms with Gasteiger partial charge in [0.05, 0.1) is 16.7 Å². The normalized spacial score (nSPS) is 15.8. The standard InChI is InChI=1S/C18H22N2OS/c1-11(2)18-19-12(3)16(22-18)17(21)20-15(14-9-10-14)13-7-5-4-6-8-13/h4-8,11,14-15H,9-10H2,1-3H3,(H,20,21)/t15-/m1/s1. The summed E-state index contributed by atoms with van der Waals surface area (Å²) in [5, 5.41) is 4.27. The van der Waals surface area contributed by atoms with Crippen molar-refractivity contribution >= 4 is 17.2 Å². The molecule has 0 unspecified atom stereocenters. The molecule has 1 fully saturated rings. The molecule has 1 atom stereocenters. The Morgan fingerprint density at radius 2 is 1.95 bits per heavy atom. The lowest BCUT2D eigenvalue weighted by Gasteiger charge is -2.18. The molecule has 4 heteroatoms. The van der Waals surface area contributed by atoms with Gasteiger partial charge in [-0.2, -0.15) is 0 Å². The molecule has 1 saturated carbocycles. The Morgan fingerprint density at radius 1 is 1.27 bits per heavy atom. The Kier molecular flexibility index (Phi) is 4.30. The van der Waals surface area contributed by atoms with Crippen LogP contribution in [0, 0.1) is 12.8 Å². The van der Waals surface area contributed by atoms with E-state index in [1.165, 1.54) is 29.7 Å². The van der Waals surface area contributed by atoms with Crippen molar-refractivity contribution in [2.24, 2.45) is 5.92 Å². The summed E-state index contributed by atoms with van der Waals surface area (Å²) in [4.78, 5) is 18.0. The number of carbonyl (C=O) groups excluding carboxylic acids is 1. The quantitative estimate of drug-likeness (QED) is 0.885. The van der Waals surface area contributed by atoms with Crippen LogP contribution in [0.25, 0.3) is 0 Å². The molecule has 0 bridgehead atoms. The minimum absolute atomic E-state index is 0.0163. The molecule has 1 aromatic carbocycles. The van der Waals surface area contributed by atoms with Gasteiger partial charge in [-0.1, -0.05) is 44.2 Å². The van der Waals surface area contributed by atoms with Crippen molar-refractivity contribution in [1.82, 2.24) is 10.3 Å². The summed E-state index contributed by atoms with van der Waals surface area (Å²) in [7, 11) is 0. The molecule has 0 aliphatic heterocycles. The summed E-state index contributed by atoms with van der Waals surface area (Å²) in [6.45, 7) is 6.14. The highest BCUT2D eigenvalue weighted by Crippen LogP contribution is 2.41. The topological polar surface area (TPSA) is 42.0 Å². The van der Waals surface area contributed by atoms with Crippen molar-refractivity contribution in [2.45, 2.75) is 45.6 Å². The molecule has 22 heavy (non-hydrogen) atoms. The van der Waals surface area contributed by atoms with Crippen molar-refractivity contribution in [2.75, 3.05) is 0 Å². The monoisotopic (exact) mass is 314 g/mol. The van der Waals surface area contributed by atoms with E-state index in [0.29, 0.717) is 11.8 Å². The Bertz CT molecular complexity index is 659. The Balaban J connectivity index is 1.80. The van der Waals surface area contributed by atoms with E-state index in [2.05, 4.69) is 36.3 Å². The van der Waals surface area contributed by atoms with Crippen LogP contribution in [0.15, 0.2) is 30.3 Å². The molecular formula is C18H22N2OS. The Hall–Kier alpha value is -1.68. The van der Waals surface area contributed by atoms with E-state index in [0.717, 1.165) is 15.6 Å². The number of amides is 1. The summed E-state index contributed by atoms with van der Waals surface area (Å²) in [5.74, 6) is 0.949. The summed E-state index contributed by atoms with van der Waals surface area (Å²) in [5.41, 5.74) is 2.04. The molecule has 3 nitrogen and oxygen atoms in total. The zero-order valence-corrected chi connectivity index (χ0v) is 14.1. The SMILES string of the molecule is Cc1nc(C(C)C)sc1C(=O)N[C@H](c1ccccc1)C1CC1. The van der Waals surface area contributed by atoms with E-state index in [9.17, 15) is 4.79 Å². The molecule has 1 aliphatic carbocycles. The lowest BCUT2D eigenvalue weighted by atomic mass is 10.0. The van der Waals surface area contributed by atoms with Gasteiger partial charge in [0.25, 0.3) is 5.91 Å². The maximum atomic E-state index is 12.7. The minimum atomic E-state index is 0.0163. The average molecular weight is 314 g/mol. The fraction of sp³-hybridized carbons (Fsp3) is 0.444. The van der Waals surface area contributed by atoms with Crippen LogP contribution in [-0.2, 0) is 0 Å².